The van der Waals surface area contributed by atoms with Crippen LogP contribution < -0.4 is 10.6 Å². The van der Waals surface area contributed by atoms with Gasteiger partial charge in [0.15, 0.2) is 0 Å². The van der Waals surface area contributed by atoms with Gasteiger partial charge in [0.1, 0.15) is 12.2 Å². The molecule has 13 nitrogen and oxygen atoms in total. The Morgan fingerprint density at radius 3 is 2.82 bits per heavy atom. The molecule has 1 atom stereocenters. The fourth-order valence-electron chi connectivity index (χ4n) is 5.01. The van der Waals surface area contributed by atoms with E-state index >= 15 is 0 Å². The summed E-state index contributed by atoms with van der Waals surface area (Å²) in [5, 5.41) is 17.5. The summed E-state index contributed by atoms with van der Waals surface area (Å²) in [5.74, 6) is 0.129. The Kier molecular flexibility index (Phi) is 9.65. The van der Waals surface area contributed by atoms with Crippen LogP contribution in [0.5, 0.6) is 0 Å². The lowest BCUT2D eigenvalue weighted by Crippen LogP contribution is -2.31. The first kappa shape index (κ1) is 30.4. The zero-order valence-corrected chi connectivity index (χ0v) is 25.0. The van der Waals surface area contributed by atoms with Crippen molar-refractivity contribution >= 4 is 41.3 Å². The van der Waals surface area contributed by atoms with Crippen molar-refractivity contribution in [3.05, 3.63) is 77.0 Å². The maximum absolute atomic E-state index is 13.2. The van der Waals surface area contributed by atoms with Crippen molar-refractivity contribution in [1.82, 2.24) is 40.4 Å². The zero-order chi connectivity index (χ0) is 31.1. The topological polar surface area (TPSA) is 160 Å². The van der Waals surface area contributed by atoms with Crippen LogP contribution in [-0.4, -0.2) is 73.7 Å². The number of nitrogens with one attached hydrogen (secondary N) is 3. The van der Waals surface area contributed by atoms with Gasteiger partial charge in [-0.15, -0.1) is 5.10 Å². The molecular formula is C30H32ClN9O4. The standard InChI is InChI=1S/C30H32ClN9O4/c1-39-14-4-3-5-19-16-22(34-30(43)44-2)8-9-23(19)25-17-32-29(36-25)24(10-13-28(39)42)35-27(41)12-6-20-15-21(31)7-11-26(20)40-18-33-37-38-40/h6-9,11-12,15-18,24H,3-5,10,13-14H2,1-2H3,(H,32,36)(H,34,43)(H,35,41). The molecule has 2 aromatic carbocycles. The van der Waals surface area contributed by atoms with Crippen molar-refractivity contribution in [1.29, 1.82) is 0 Å². The van der Waals surface area contributed by atoms with Crippen LogP contribution in [-0.2, 0) is 20.7 Å². The van der Waals surface area contributed by atoms with E-state index in [-0.39, 0.29) is 18.2 Å². The van der Waals surface area contributed by atoms with Gasteiger partial charge in [-0.1, -0.05) is 17.7 Å². The summed E-state index contributed by atoms with van der Waals surface area (Å²) < 4.78 is 6.21. The molecule has 1 aliphatic rings. The molecule has 1 unspecified atom stereocenters. The summed E-state index contributed by atoms with van der Waals surface area (Å²) in [5.41, 5.74) is 4.60. The van der Waals surface area contributed by atoms with E-state index in [1.807, 2.05) is 12.1 Å². The summed E-state index contributed by atoms with van der Waals surface area (Å²) >= 11 is 6.21. The third kappa shape index (κ3) is 7.48. The number of halogens is 1. The molecule has 4 aromatic rings. The molecule has 0 radical (unpaired) electrons. The molecule has 2 bridgehead atoms. The van der Waals surface area contributed by atoms with Crippen molar-refractivity contribution in [3.63, 3.8) is 0 Å². The molecule has 3 heterocycles. The molecule has 44 heavy (non-hydrogen) atoms. The number of carbonyl (C=O) groups excluding carboxylic acids is 3. The van der Waals surface area contributed by atoms with Gasteiger partial charge >= 0.3 is 6.09 Å². The number of nitrogens with zero attached hydrogens (tertiary/aromatic N) is 6. The third-order valence-electron chi connectivity index (χ3n) is 7.33. The molecule has 0 saturated carbocycles. The Hall–Kier alpha value is -5.04. The van der Waals surface area contributed by atoms with Gasteiger partial charge < -0.3 is 19.9 Å². The number of H-pyrrole nitrogens is 1. The number of aromatic amines is 1. The lowest BCUT2D eigenvalue weighted by atomic mass is 9.98. The van der Waals surface area contributed by atoms with Crippen molar-refractivity contribution < 1.29 is 19.1 Å². The Bertz CT molecular complexity index is 1670. The number of rotatable bonds is 5. The minimum absolute atomic E-state index is 0.0152. The predicted molar refractivity (Wildman–Crippen MR) is 164 cm³/mol. The summed E-state index contributed by atoms with van der Waals surface area (Å²) in [4.78, 5) is 47.6. The number of aryl methyl sites for hydroxylation is 1. The summed E-state index contributed by atoms with van der Waals surface area (Å²) in [7, 11) is 3.10. The van der Waals surface area contributed by atoms with Gasteiger partial charge in [0.2, 0.25) is 11.8 Å². The van der Waals surface area contributed by atoms with Crippen LogP contribution in [0.1, 0.15) is 48.7 Å². The number of anilines is 1. The molecule has 2 aromatic heterocycles. The average molecular weight is 618 g/mol. The molecule has 228 valence electrons. The van der Waals surface area contributed by atoms with E-state index in [1.165, 1.54) is 24.2 Å². The van der Waals surface area contributed by atoms with Gasteiger partial charge in [-0.3, -0.25) is 14.9 Å². The Morgan fingerprint density at radius 2 is 2.02 bits per heavy atom. The molecular weight excluding hydrogens is 586 g/mol. The SMILES string of the molecule is COC(=O)Nc1ccc2c(c1)CCCCN(C)C(=O)CCC(NC(=O)C=Cc1cc(Cl)ccc1-n1cnnn1)c1ncc-2[nH]1. The highest BCUT2D eigenvalue weighted by Crippen LogP contribution is 2.29. The molecule has 0 spiro atoms. The van der Waals surface area contributed by atoms with Crippen molar-refractivity contribution in [2.75, 3.05) is 26.0 Å². The molecule has 3 amide bonds. The summed E-state index contributed by atoms with van der Waals surface area (Å²) in [6, 6.07) is 10.2. The van der Waals surface area contributed by atoms with Gasteiger partial charge in [-0.2, -0.15) is 4.68 Å². The highest BCUT2D eigenvalue weighted by molar-refractivity contribution is 6.30. The van der Waals surface area contributed by atoms with Gasteiger partial charge in [0.05, 0.1) is 30.7 Å². The molecule has 14 heteroatoms. The second-order valence-electron chi connectivity index (χ2n) is 10.3. The monoisotopic (exact) mass is 617 g/mol. The van der Waals surface area contributed by atoms with Crippen molar-refractivity contribution in [2.45, 2.75) is 38.1 Å². The molecule has 0 fully saturated rings. The number of benzene rings is 2. The number of fused-ring (bicyclic) bond motifs is 4. The summed E-state index contributed by atoms with van der Waals surface area (Å²) in [6.45, 7) is 0.610. The fourth-order valence-corrected chi connectivity index (χ4v) is 5.19. The molecule has 0 aliphatic carbocycles. The molecule has 1 aliphatic heterocycles. The maximum atomic E-state index is 13.2. The minimum atomic E-state index is -0.566. The van der Waals surface area contributed by atoms with Crippen LogP contribution in [0.3, 0.4) is 0 Å². The predicted octanol–water partition coefficient (Wildman–Crippen LogP) is 4.33. The number of tetrazole rings is 1. The number of methoxy groups -OCH3 is 1. The van der Waals surface area contributed by atoms with Crippen molar-refractivity contribution in [3.8, 4) is 16.9 Å². The second-order valence-corrected chi connectivity index (χ2v) is 10.8. The third-order valence-corrected chi connectivity index (χ3v) is 7.57. The van der Waals surface area contributed by atoms with Gasteiger partial charge in [-0.05, 0) is 78.1 Å². The average Bonchev–Trinajstić information content (AvgIpc) is 3.73. The molecule has 3 N–H and O–H groups in total. The Labute approximate surface area is 258 Å². The van der Waals surface area contributed by atoms with E-state index in [0.717, 1.165) is 36.1 Å². The fraction of sp³-hybridized carbons (Fsp3) is 0.300. The second kappa shape index (κ2) is 14.0. The lowest BCUT2D eigenvalue weighted by molar-refractivity contribution is -0.130. The molecule has 5 rings (SSSR count). The highest BCUT2D eigenvalue weighted by atomic mass is 35.5. The summed E-state index contributed by atoms with van der Waals surface area (Å²) in [6.07, 6.45) is 8.61. The Balaban J connectivity index is 1.42. The van der Waals surface area contributed by atoms with Crippen LogP contribution in [0, 0.1) is 0 Å². The number of carbonyl (C=O) groups is 3. The van der Waals surface area contributed by atoms with E-state index in [4.69, 9.17) is 16.3 Å². The van der Waals surface area contributed by atoms with Crippen LogP contribution in [0.25, 0.3) is 23.0 Å². The first-order chi connectivity index (χ1) is 21.3. The maximum Gasteiger partial charge on any atom is 0.411 e. The molecule has 0 saturated heterocycles. The van der Waals surface area contributed by atoms with Gasteiger partial charge in [-0.25, -0.2) is 9.78 Å². The number of hydrogen-bond donors (Lipinski definition) is 3. The smallest absolute Gasteiger partial charge is 0.411 e. The van der Waals surface area contributed by atoms with E-state index in [0.29, 0.717) is 40.8 Å². The van der Waals surface area contributed by atoms with Crippen LogP contribution in [0.2, 0.25) is 5.02 Å². The zero-order valence-electron chi connectivity index (χ0n) is 24.3. The largest absolute Gasteiger partial charge is 0.453 e. The number of aromatic nitrogens is 6. The van der Waals surface area contributed by atoms with Gasteiger partial charge in [0.25, 0.3) is 0 Å². The first-order valence-electron chi connectivity index (χ1n) is 14.1. The normalized spacial score (nSPS) is 15.8. The van der Waals surface area contributed by atoms with Crippen LogP contribution in [0.4, 0.5) is 10.5 Å². The van der Waals surface area contributed by atoms with Crippen LogP contribution >= 0.6 is 11.6 Å². The van der Waals surface area contributed by atoms with E-state index in [2.05, 4.69) is 36.1 Å². The van der Waals surface area contributed by atoms with E-state index < -0.39 is 12.1 Å². The minimum Gasteiger partial charge on any atom is -0.453 e. The number of amides is 3. The highest BCUT2D eigenvalue weighted by Gasteiger charge is 2.22. The van der Waals surface area contributed by atoms with Crippen molar-refractivity contribution in [2.24, 2.45) is 0 Å². The van der Waals surface area contributed by atoms with Crippen LogP contribution in [0.15, 0.2) is 55.0 Å². The Morgan fingerprint density at radius 1 is 1.16 bits per heavy atom. The first-order valence-corrected chi connectivity index (χ1v) is 14.5. The number of imidazole rings is 1. The van der Waals surface area contributed by atoms with E-state index in [1.54, 1.807) is 48.5 Å². The number of ether oxygens (including phenoxy) is 1. The lowest BCUT2D eigenvalue weighted by Gasteiger charge is -2.21. The van der Waals surface area contributed by atoms with E-state index in [9.17, 15) is 14.4 Å². The van der Waals surface area contributed by atoms with Gasteiger partial charge in [0, 0.05) is 47.9 Å². The quantitative estimate of drug-likeness (QED) is 0.279. The number of hydrogen-bond acceptors (Lipinski definition) is 8.